The van der Waals surface area contributed by atoms with Crippen LogP contribution in [0.4, 0.5) is 5.69 Å². The van der Waals surface area contributed by atoms with Crippen molar-refractivity contribution in [2.24, 2.45) is 5.92 Å². The van der Waals surface area contributed by atoms with Gasteiger partial charge in [-0.25, -0.2) is 8.42 Å². The predicted molar refractivity (Wildman–Crippen MR) is 111 cm³/mol. The van der Waals surface area contributed by atoms with Gasteiger partial charge < -0.3 is 15.4 Å². The van der Waals surface area contributed by atoms with E-state index in [-0.39, 0.29) is 16.9 Å². The molecule has 1 aliphatic carbocycles. The molecule has 2 unspecified atom stereocenters. The van der Waals surface area contributed by atoms with Crippen LogP contribution in [0.5, 0.6) is 0 Å². The first-order valence-corrected chi connectivity index (χ1v) is 11.5. The van der Waals surface area contributed by atoms with Crippen molar-refractivity contribution in [3.05, 3.63) is 24.3 Å². The van der Waals surface area contributed by atoms with Crippen LogP contribution >= 0.6 is 0 Å². The van der Waals surface area contributed by atoms with Crippen LogP contribution in [-0.2, 0) is 24.3 Å². The highest BCUT2D eigenvalue weighted by atomic mass is 32.2. The van der Waals surface area contributed by atoms with Crippen LogP contribution in [0.2, 0.25) is 0 Å². The quantitative estimate of drug-likeness (QED) is 0.524. The molecule has 0 radical (unpaired) electrons. The third-order valence-electron chi connectivity index (χ3n) is 4.98. The van der Waals surface area contributed by atoms with Crippen molar-refractivity contribution in [2.45, 2.75) is 63.5 Å². The zero-order valence-corrected chi connectivity index (χ0v) is 18.1. The molecule has 1 aliphatic rings. The number of hydrogen-bond donors (Lipinski definition) is 3. The van der Waals surface area contributed by atoms with Crippen molar-refractivity contribution in [3.63, 3.8) is 0 Å². The molecular weight excluding hydrogens is 394 g/mol. The molecule has 9 heteroatoms. The minimum absolute atomic E-state index is 0.0147. The van der Waals surface area contributed by atoms with Crippen LogP contribution in [0.15, 0.2) is 29.2 Å². The maximum absolute atomic E-state index is 12.4. The average molecular weight is 426 g/mol. The average Bonchev–Trinajstić information content (AvgIpc) is 2.66. The molecule has 1 saturated carbocycles. The number of benzene rings is 1. The lowest BCUT2D eigenvalue weighted by Crippen LogP contribution is -2.45. The van der Waals surface area contributed by atoms with E-state index in [1.807, 2.05) is 0 Å². The summed E-state index contributed by atoms with van der Waals surface area (Å²) < 4.78 is 33.1. The molecule has 8 nitrogen and oxygen atoms in total. The van der Waals surface area contributed by atoms with E-state index in [0.717, 1.165) is 6.42 Å². The maximum atomic E-state index is 12.4. The van der Waals surface area contributed by atoms with Gasteiger partial charge in [-0.1, -0.05) is 19.8 Å². The zero-order chi connectivity index (χ0) is 21.4. The van der Waals surface area contributed by atoms with Crippen molar-refractivity contribution in [2.75, 3.05) is 18.5 Å². The van der Waals surface area contributed by atoms with E-state index in [2.05, 4.69) is 22.3 Å². The van der Waals surface area contributed by atoms with Crippen LogP contribution in [0, 0.1) is 5.92 Å². The lowest BCUT2D eigenvalue weighted by atomic mass is 9.88. The Morgan fingerprint density at radius 3 is 2.45 bits per heavy atom. The molecular formula is C20H31N3O5S. The Bertz CT molecular complexity index is 795. The molecule has 1 aromatic carbocycles. The molecule has 1 fully saturated rings. The first-order chi connectivity index (χ1) is 13.7. The number of ether oxygens (including phenoxy) is 1. The second-order valence-corrected chi connectivity index (χ2v) is 9.22. The third-order valence-corrected chi connectivity index (χ3v) is 6.53. The van der Waals surface area contributed by atoms with Gasteiger partial charge in [0.1, 0.15) is 0 Å². The van der Waals surface area contributed by atoms with Gasteiger partial charge in [-0.15, -0.1) is 0 Å². The highest BCUT2D eigenvalue weighted by Gasteiger charge is 2.23. The van der Waals surface area contributed by atoms with Crippen LogP contribution in [0.25, 0.3) is 0 Å². The van der Waals surface area contributed by atoms with Gasteiger partial charge in [-0.05, 0) is 49.9 Å². The number of anilines is 1. The Hall–Kier alpha value is -1.97. The summed E-state index contributed by atoms with van der Waals surface area (Å²) in [6, 6.07) is 4.80. The molecule has 29 heavy (non-hydrogen) atoms. The van der Waals surface area contributed by atoms with E-state index in [0.29, 0.717) is 24.8 Å². The number of sulfonamides is 1. The first-order valence-electron chi connectivity index (χ1n) is 9.98. The fourth-order valence-electron chi connectivity index (χ4n) is 3.34. The molecule has 0 bridgehead atoms. The summed E-state index contributed by atoms with van der Waals surface area (Å²) in [4.78, 5) is 23.3. The van der Waals surface area contributed by atoms with E-state index in [1.165, 1.54) is 57.4 Å². The van der Waals surface area contributed by atoms with Gasteiger partial charge in [-0.2, -0.15) is 4.72 Å². The van der Waals surface area contributed by atoms with Crippen LogP contribution in [0.1, 0.15) is 46.5 Å². The third kappa shape index (κ3) is 7.41. The summed E-state index contributed by atoms with van der Waals surface area (Å²) in [5.41, 5.74) is 0.495. The first kappa shape index (κ1) is 23.3. The molecule has 3 atom stereocenters. The molecule has 3 N–H and O–H groups in total. The topological polar surface area (TPSA) is 114 Å². The maximum Gasteiger partial charge on any atom is 0.241 e. The van der Waals surface area contributed by atoms with Gasteiger partial charge in [0.2, 0.25) is 21.8 Å². The lowest BCUT2D eigenvalue weighted by Gasteiger charge is -2.28. The standard InChI is InChI=1S/C20H31N3O5S/c1-14-6-4-5-7-19(14)28-13-12-21-20(25)15(2)23-29(26,27)18-10-8-17(9-11-18)22-16(3)24/h8-11,14-15,19,23H,4-7,12-13H2,1-3H3,(H,21,25)(H,22,24)/t14?,15-,19?/m0/s1. The number of nitrogens with one attached hydrogen (secondary N) is 3. The van der Waals surface area contributed by atoms with Crippen LogP contribution < -0.4 is 15.4 Å². The number of amides is 2. The fourth-order valence-corrected chi connectivity index (χ4v) is 4.55. The Morgan fingerprint density at radius 2 is 1.83 bits per heavy atom. The van der Waals surface area contributed by atoms with E-state index in [1.54, 1.807) is 0 Å². The van der Waals surface area contributed by atoms with Crippen molar-refractivity contribution < 1.29 is 22.7 Å². The van der Waals surface area contributed by atoms with E-state index in [4.69, 9.17) is 4.74 Å². The summed E-state index contributed by atoms with van der Waals surface area (Å²) in [6.45, 7) is 5.78. The van der Waals surface area contributed by atoms with Gasteiger partial charge in [-0.3, -0.25) is 9.59 Å². The number of hydrogen-bond acceptors (Lipinski definition) is 5. The van der Waals surface area contributed by atoms with Crippen LogP contribution in [-0.4, -0.2) is 45.5 Å². The summed E-state index contributed by atoms with van der Waals surface area (Å²) in [6.07, 6.45) is 4.86. The van der Waals surface area contributed by atoms with Crippen molar-refractivity contribution in [1.29, 1.82) is 0 Å². The largest absolute Gasteiger partial charge is 0.376 e. The molecule has 2 amide bonds. The molecule has 1 aromatic rings. The van der Waals surface area contributed by atoms with Crippen molar-refractivity contribution in [1.82, 2.24) is 10.0 Å². The Morgan fingerprint density at radius 1 is 1.17 bits per heavy atom. The van der Waals surface area contributed by atoms with Gasteiger partial charge >= 0.3 is 0 Å². The van der Waals surface area contributed by atoms with Crippen LogP contribution in [0.3, 0.4) is 0 Å². The zero-order valence-electron chi connectivity index (χ0n) is 17.2. The minimum Gasteiger partial charge on any atom is -0.376 e. The Kier molecular flexibility index (Phi) is 8.60. The predicted octanol–water partition coefficient (Wildman–Crippen LogP) is 2.02. The van der Waals surface area contributed by atoms with E-state index in [9.17, 15) is 18.0 Å². The molecule has 0 aromatic heterocycles. The second-order valence-electron chi connectivity index (χ2n) is 7.51. The molecule has 0 heterocycles. The fraction of sp³-hybridized carbons (Fsp3) is 0.600. The summed E-state index contributed by atoms with van der Waals surface area (Å²) in [5.74, 6) is -0.128. The Balaban J connectivity index is 1.79. The van der Waals surface area contributed by atoms with Gasteiger partial charge in [0.25, 0.3) is 0 Å². The molecule has 162 valence electrons. The van der Waals surface area contributed by atoms with E-state index < -0.39 is 22.0 Å². The number of carbonyl (C=O) groups excluding carboxylic acids is 2. The molecule has 0 aliphatic heterocycles. The highest BCUT2D eigenvalue weighted by molar-refractivity contribution is 7.89. The molecule has 2 rings (SSSR count). The lowest BCUT2D eigenvalue weighted by molar-refractivity contribution is -0.122. The monoisotopic (exact) mass is 425 g/mol. The number of rotatable bonds is 9. The highest BCUT2D eigenvalue weighted by Crippen LogP contribution is 2.26. The number of carbonyl (C=O) groups is 2. The van der Waals surface area contributed by atoms with Gasteiger partial charge in [0.05, 0.1) is 23.6 Å². The smallest absolute Gasteiger partial charge is 0.241 e. The normalized spacial score (nSPS) is 20.7. The molecule has 0 saturated heterocycles. The van der Waals surface area contributed by atoms with Crippen molar-refractivity contribution in [3.8, 4) is 0 Å². The molecule has 0 spiro atoms. The summed E-state index contributed by atoms with van der Waals surface area (Å²) >= 11 is 0. The van der Waals surface area contributed by atoms with E-state index >= 15 is 0 Å². The summed E-state index contributed by atoms with van der Waals surface area (Å²) in [5, 5.41) is 5.27. The van der Waals surface area contributed by atoms with Gasteiger partial charge in [0, 0.05) is 19.2 Å². The Labute approximate surface area is 172 Å². The van der Waals surface area contributed by atoms with Crippen molar-refractivity contribution >= 4 is 27.5 Å². The SMILES string of the molecule is CC(=O)Nc1ccc(S(=O)(=O)N[C@@H](C)C(=O)NCCOC2CCCCC2C)cc1. The van der Waals surface area contributed by atoms with Gasteiger partial charge in [0.15, 0.2) is 0 Å². The minimum atomic E-state index is -3.86. The summed E-state index contributed by atoms with van der Waals surface area (Å²) in [7, 11) is -3.86. The second kappa shape index (κ2) is 10.7.